The molecule has 2 aromatic carbocycles. The van der Waals surface area contributed by atoms with E-state index in [0.29, 0.717) is 17.0 Å². The first-order valence-electron chi connectivity index (χ1n) is 8.83. The molecule has 1 atom stereocenters. The third-order valence-electron chi connectivity index (χ3n) is 4.05. The van der Waals surface area contributed by atoms with Crippen LogP contribution in [0.1, 0.15) is 25.0 Å². The monoisotopic (exact) mass is 378 g/mol. The van der Waals surface area contributed by atoms with Crippen LogP contribution >= 0.6 is 0 Å². The van der Waals surface area contributed by atoms with Crippen molar-refractivity contribution < 1.29 is 19.1 Å². The molecule has 0 aliphatic heterocycles. The summed E-state index contributed by atoms with van der Waals surface area (Å²) in [6, 6.07) is 16.1. The van der Waals surface area contributed by atoms with Crippen LogP contribution in [0.2, 0.25) is 0 Å². The minimum atomic E-state index is -1.05. The van der Waals surface area contributed by atoms with E-state index in [2.05, 4.69) is 5.32 Å². The van der Waals surface area contributed by atoms with Gasteiger partial charge in [-0.15, -0.1) is 0 Å². The number of rotatable bonds is 7. The third-order valence-corrected chi connectivity index (χ3v) is 4.05. The van der Waals surface area contributed by atoms with Crippen LogP contribution in [0.15, 0.2) is 54.1 Å². The second kappa shape index (κ2) is 9.93. The zero-order valence-electron chi connectivity index (χ0n) is 16.1. The van der Waals surface area contributed by atoms with Crippen molar-refractivity contribution in [3.05, 3.63) is 65.2 Å². The number of anilines is 1. The van der Waals surface area contributed by atoms with Gasteiger partial charge in [-0.2, -0.15) is 5.26 Å². The molecule has 0 fully saturated rings. The van der Waals surface area contributed by atoms with E-state index in [1.54, 1.807) is 43.5 Å². The molecule has 28 heavy (non-hydrogen) atoms. The van der Waals surface area contributed by atoms with Gasteiger partial charge in [-0.1, -0.05) is 31.2 Å². The quantitative estimate of drug-likeness (QED) is 0.450. The molecule has 0 saturated heterocycles. The van der Waals surface area contributed by atoms with E-state index in [1.807, 2.05) is 25.1 Å². The van der Waals surface area contributed by atoms with Crippen LogP contribution < -0.4 is 10.1 Å². The van der Waals surface area contributed by atoms with Gasteiger partial charge < -0.3 is 14.8 Å². The number of esters is 1. The number of hydrogen-bond acceptors (Lipinski definition) is 5. The summed E-state index contributed by atoms with van der Waals surface area (Å²) in [5, 5.41) is 11.9. The highest BCUT2D eigenvalue weighted by atomic mass is 16.5. The molecule has 144 valence electrons. The highest BCUT2D eigenvalue weighted by Crippen LogP contribution is 2.15. The van der Waals surface area contributed by atoms with Crippen molar-refractivity contribution in [3.8, 4) is 11.8 Å². The van der Waals surface area contributed by atoms with Crippen LogP contribution in [-0.4, -0.2) is 25.1 Å². The molecule has 0 heterocycles. The summed E-state index contributed by atoms with van der Waals surface area (Å²) in [6.07, 6.45) is 1.25. The molecule has 1 N–H and O–H groups in total. The predicted molar refractivity (Wildman–Crippen MR) is 107 cm³/mol. The Balaban J connectivity index is 2.00. The molecule has 0 bridgehead atoms. The SMILES string of the molecule is CCc1ccc(NC(=O)[C@@H](C)OC(=O)/C(C#N)=C/c2ccc(OC)cc2)cc1. The molecule has 0 aromatic heterocycles. The van der Waals surface area contributed by atoms with Crippen molar-refractivity contribution in [1.29, 1.82) is 5.26 Å². The van der Waals surface area contributed by atoms with Crippen molar-refractivity contribution in [1.82, 2.24) is 0 Å². The predicted octanol–water partition coefficient (Wildman–Crippen LogP) is 3.73. The van der Waals surface area contributed by atoms with Gasteiger partial charge in [0.25, 0.3) is 5.91 Å². The van der Waals surface area contributed by atoms with E-state index < -0.39 is 18.0 Å². The molecular weight excluding hydrogens is 356 g/mol. The number of methoxy groups -OCH3 is 1. The van der Waals surface area contributed by atoms with E-state index in [1.165, 1.54) is 13.0 Å². The molecule has 6 heteroatoms. The van der Waals surface area contributed by atoms with Gasteiger partial charge in [-0.3, -0.25) is 4.79 Å². The Morgan fingerprint density at radius 1 is 1.14 bits per heavy atom. The summed E-state index contributed by atoms with van der Waals surface area (Å²) >= 11 is 0. The fraction of sp³-hybridized carbons (Fsp3) is 0.227. The first kappa shape index (κ1) is 20.7. The standard InChI is InChI=1S/C22H22N2O4/c1-4-16-5-9-19(10-6-16)24-21(25)15(2)28-22(26)18(14-23)13-17-7-11-20(27-3)12-8-17/h5-13,15H,4H2,1-3H3,(H,24,25)/b18-13+/t15-/m1/s1. The summed E-state index contributed by atoms with van der Waals surface area (Å²) in [5.41, 5.74) is 2.21. The molecular formula is C22H22N2O4. The molecule has 0 aliphatic carbocycles. The lowest BCUT2D eigenvalue weighted by molar-refractivity contribution is -0.148. The maximum absolute atomic E-state index is 12.2. The van der Waals surface area contributed by atoms with Crippen molar-refractivity contribution in [2.24, 2.45) is 0 Å². The number of aryl methyl sites for hydroxylation is 1. The first-order chi connectivity index (χ1) is 13.5. The van der Waals surface area contributed by atoms with E-state index in [4.69, 9.17) is 9.47 Å². The van der Waals surface area contributed by atoms with Crippen molar-refractivity contribution in [2.75, 3.05) is 12.4 Å². The van der Waals surface area contributed by atoms with Crippen molar-refractivity contribution in [3.63, 3.8) is 0 Å². The minimum absolute atomic E-state index is 0.197. The Morgan fingerprint density at radius 2 is 1.79 bits per heavy atom. The fourth-order valence-electron chi connectivity index (χ4n) is 2.35. The minimum Gasteiger partial charge on any atom is -0.497 e. The zero-order chi connectivity index (χ0) is 20.5. The highest BCUT2D eigenvalue weighted by Gasteiger charge is 2.20. The summed E-state index contributed by atoms with van der Waals surface area (Å²) in [6.45, 7) is 3.50. The molecule has 2 rings (SSSR count). The second-order valence-corrected chi connectivity index (χ2v) is 6.03. The number of carbonyl (C=O) groups excluding carboxylic acids is 2. The molecule has 0 aliphatic rings. The van der Waals surface area contributed by atoms with Crippen LogP contribution in [0, 0.1) is 11.3 Å². The van der Waals surface area contributed by atoms with Crippen LogP contribution in [0.4, 0.5) is 5.69 Å². The molecule has 6 nitrogen and oxygen atoms in total. The van der Waals surface area contributed by atoms with Crippen LogP contribution in [0.5, 0.6) is 5.75 Å². The van der Waals surface area contributed by atoms with Crippen LogP contribution in [0.3, 0.4) is 0 Å². The lowest BCUT2D eigenvalue weighted by atomic mass is 10.1. The van der Waals surface area contributed by atoms with Gasteiger partial charge in [0.2, 0.25) is 0 Å². The summed E-state index contributed by atoms with van der Waals surface area (Å²) < 4.78 is 10.2. The highest BCUT2D eigenvalue weighted by molar-refractivity contribution is 6.01. The summed E-state index contributed by atoms with van der Waals surface area (Å²) in [7, 11) is 1.55. The number of amides is 1. The Kier molecular flexibility index (Phi) is 7.35. The Labute approximate surface area is 164 Å². The van der Waals surface area contributed by atoms with Crippen LogP contribution in [0.25, 0.3) is 6.08 Å². The van der Waals surface area contributed by atoms with Gasteiger partial charge in [0.15, 0.2) is 6.10 Å². The summed E-state index contributed by atoms with van der Waals surface area (Å²) in [5.74, 6) is -0.669. The second-order valence-electron chi connectivity index (χ2n) is 6.03. The number of benzene rings is 2. The molecule has 0 unspecified atom stereocenters. The maximum atomic E-state index is 12.2. The Morgan fingerprint density at radius 3 is 2.32 bits per heavy atom. The van der Waals surface area contributed by atoms with Crippen molar-refractivity contribution in [2.45, 2.75) is 26.4 Å². The first-order valence-corrected chi connectivity index (χ1v) is 8.83. The average Bonchev–Trinajstić information content (AvgIpc) is 2.72. The lowest BCUT2D eigenvalue weighted by Crippen LogP contribution is -2.30. The largest absolute Gasteiger partial charge is 0.497 e. The van der Waals surface area contributed by atoms with Gasteiger partial charge in [0, 0.05) is 5.69 Å². The molecule has 0 radical (unpaired) electrons. The van der Waals surface area contributed by atoms with Crippen molar-refractivity contribution >= 4 is 23.6 Å². The van der Waals surface area contributed by atoms with E-state index in [9.17, 15) is 14.9 Å². The maximum Gasteiger partial charge on any atom is 0.349 e. The molecule has 0 saturated carbocycles. The number of nitriles is 1. The van der Waals surface area contributed by atoms with Gasteiger partial charge in [0.05, 0.1) is 7.11 Å². The van der Waals surface area contributed by atoms with E-state index in [0.717, 1.165) is 12.0 Å². The third kappa shape index (κ3) is 5.71. The van der Waals surface area contributed by atoms with E-state index in [-0.39, 0.29) is 5.57 Å². The topological polar surface area (TPSA) is 88.4 Å². The zero-order valence-corrected chi connectivity index (χ0v) is 16.1. The Hall–Kier alpha value is -3.59. The number of carbonyl (C=O) groups is 2. The number of nitrogens with one attached hydrogen (secondary N) is 1. The lowest BCUT2D eigenvalue weighted by Gasteiger charge is -2.13. The fourth-order valence-corrected chi connectivity index (χ4v) is 2.35. The van der Waals surface area contributed by atoms with Gasteiger partial charge in [-0.25, -0.2) is 4.79 Å². The normalized spacial score (nSPS) is 11.9. The molecule has 0 spiro atoms. The van der Waals surface area contributed by atoms with Gasteiger partial charge in [0.1, 0.15) is 17.4 Å². The number of hydrogen-bond donors (Lipinski definition) is 1. The van der Waals surface area contributed by atoms with Gasteiger partial charge in [-0.05, 0) is 54.8 Å². The number of nitrogens with zero attached hydrogens (tertiary/aromatic N) is 1. The Bertz CT molecular complexity index is 894. The smallest absolute Gasteiger partial charge is 0.349 e. The molecule has 2 aromatic rings. The van der Waals surface area contributed by atoms with Gasteiger partial charge >= 0.3 is 5.97 Å². The van der Waals surface area contributed by atoms with E-state index >= 15 is 0 Å². The molecule has 1 amide bonds. The summed E-state index contributed by atoms with van der Waals surface area (Å²) in [4.78, 5) is 24.5. The average molecular weight is 378 g/mol. The van der Waals surface area contributed by atoms with Crippen LogP contribution in [-0.2, 0) is 20.7 Å². The number of ether oxygens (including phenoxy) is 2.